The molecule has 7 heteroatoms. The van der Waals surface area contributed by atoms with E-state index in [9.17, 15) is 0 Å². The molecule has 0 saturated heterocycles. The average molecular weight is 380 g/mol. The minimum Gasteiger partial charge on any atom is -0.496 e. The second-order valence-corrected chi connectivity index (χ2v) is 7.03. The van der Waals surface area contributed by atoms with Gasteiger partial charge in [0.25, 0.3) is 0 Å². The molecule has 0 bridgehead atoms. The van der Waals surface area contributed by atoms with E-state index in [-0.39, 0.29) is 6.04 Å². The molecule has 0 saturated carbocycles. The second kappa shape index (κ2) is 8.50. The second-order valence-electron chi connectivity index (χ2n) is 7.03. The number of nitrogens with one attached hydrogen (secondary N) is 1. The van der Waals surface area contributed by atoms with Crippen LogP contribution in [0.4, 0.5) is 0 Å². The average Bonchev–Trinajstić information content (AvgIpc) is 3.21. The molecule has 0 fully saturated rings. The third kappa shape index (κ3) is 3.63. The van der Waals surface area contributed by atoms with Crippen LogP contribution < -0.4 is 9.64 Å². The molecule has 1 aliphatic rings. The lowest BCUT2D eigenvalue weighted by Crippen LogP contribution is -3.12. The molecule has 4 rings (SSSR count). The van der Waals surface area contributed by atoms with E-state index in [0.29, 0.717) is 13.2 Å². The first kappa shape index (κ1) is 18.6. The Bertz CT molecular complexity index is 926. The lowest BCUT2D eigenvalue weighted by Gasteiger charge is -2.32. The Kier molecular flexibility index (Phi) is 5.64. The van der Waals surface area contributed by atoms with E-state index in [1.165, 1.54) is 16.0 Å². The summed E-state index contributed by atoms with van der Waals surface area (Å²) in [6.07, 6.45) is 1.04. The fourth-order valence-corrected chi connectivity index (χ4v) is 4.05. The van der Waals surface area contributed by atoms with Crippen LogP contribution in [0.2, 0.25) is 0 Å². The molecule has 7 nitrogen and oxygen atoms in total. The molecule has 0 aliphatic carbocycles. The number of tetrazole rings is 1. The van der Waals surface area contributed by atoms with Gasteiger partial charge in [-0.25, -0.2) is 4.68 Å². The molecule has 3 aromatic rings. The van der Waals surface area contributed by atoms with Crippen molar-refractivity contribution in [3.8, 4) is 5.75 Å². The van der Waals surface area contributed by atoms with Crippen LogP contribution in [0, 0.1) is 0 Å². The van der Waals surface area contributed by atoms with Crippen molar-refractivity contribution in [2.75, 3.05) is 27.4 Å². The normalized spacial score (nSPS) is 17.1. The Morgan fingerprint density at radius 2 is 1.86 bits per heavy atom. The summed E-state index contributed by atoms with van der Waals surface area (Å²) in [6, 6.07) is 16.8. The number of methoxy groups -OCH3 is 2. The standard InChI is InChI=1S/C21H25N5O2/c1-27-14-13-26-21(22-23-24-26)20(18-9-5-6-10-19(18)28-2)25-12-11-16-7-3-4-8-17(16)15-25/h3-10,20H,11-15H2,1-2H3/p+1/t20-/m1/s1. The van der Waals surface area contributed by atoms with Gasteiger partial charge < -0.3 is 14.4 Å². The van der Waals surface area contributed by atoms with Gasteiger partial charge in [0.05, 0.1) is 32.4 Å². The van der Waals surface area contributed by atoms with E-state index >= 15 is 0 Å². The lowest BCUT2D eigenvalue weighted by atomic mass is 9.95. The van der Waals surface area contributed by atoms with Crippen LogP contribution in [-0.2, 0) is 24.2 Å². The van der Waals surface area contributed by atoms with E-state index in [0.717, 1.165) is 36.6 Å². The smallest absolute Gasteiger partial charge is 0.214 e. The predicted molar refractivity (Wildman–Crippen MR) is 104 cm³/mol. The van der Waals surface area contributed by atoms with E-state index in [4.69, 9.17) is 9.47 Å². The van der Waals surface area contributed by atoms with E-state index in [1.54, 1.807) is 14.2 Å². The fourth-order valence-electron chi connectivity index (χ4n) is 4.05. The number of hydrogen-bond donors (Lipinski definition) is 1. The number of fused-ring (bicyclic) bond motifs is 1. The van der Waals surface area contributed by atoms with E-state index in [1.807, 2.05) is 22.9 Å². The molecule has 0 spiro atoms. The van der Waals surface area contributed by atoms with Crippen molar-refractivity contribution in [2.24, 2.45) is 0 Å². The van der Waals surface area contributed by atoms with Crippen molar-refractivity contribution in [1.29, 1.82) is 0 Å². The lowest BCUT2D eigenvalue weighted by molar-refractivity contribution is -0.941. The maximum atomic E-state index is 5.69. The highest BCUT2D eigenvalue weighted by molar-refractivity contribution is 5.37. The van der Waals surface area contributed by atoms with Gasteiger partial charge in [-0.3, -0.25) is 0 Å². The first-order valence-electron chi connectivity index (χ1n) is 9.61. The molecular weight excluding hydrogens is 354 g/mol. The number of para-hydroxylation sites is 1. The Hall–Kier alpha value is -2.77. The van der Waals surface area contributed by atoms with Crippen LogP contribution in [0.5, 0.6) is 5.75 Å². The summed E-state index contributed by atoms with van der Waals surface area (Å²) in [6.45, 7) is 3.12. The highest BCUT2D eigenvalue weighted by atomic mass is 16.5. The quantitative estimate of drug-likeness (QED) is 0.664. The number of aromatic nitrogens is 4. The number of nitrogens with zero attached hydrogens (tertiary/aromatic N) is 4. The topological polar surface area (TPSA) is 66.5 Å². The molecule has 1 aromatic heterocycles. The summed E-state index contributed by atoms with van der Waals surface area (Å²) < 4.78 is 12.8. The molecule has 146 valence electrons. The summed E-state index contributed by atoms with van der Waals surface area (Å²) in [5.74, 6) is 1.70. The highest BCUT2D eigenvalue weighted by Gasteiger charge is 2.35. The number of hydrogen-bond acceptors (Lipinski definition) is 5. The van der Waals surface area contributed by atoms with Crippen LogP contribution in [0.15, 0.2) is 48.5 Å². The van der Waals surface area contributed by atoms with Crippen LogP contribution in [-0.4, -0.2) is 47.6 Å². The van der Waals surface area contributed by atoms with Crippen molar-refractivity contribution >= 4 is 0 Å². The molecule has 0 amide bonds. The van der Waals surface area contributed by atoms with Crippen molar-refractivity contribution in [1.82, 2.24) is 20.2 Å². The Balaban J connectivity index is 1.76. The van der Waals surface area contributed by atoms with E-state index < -0.39 is 0 Å². The first-order chi connectivity index (χ1) is 13.8. The predicted octanol–water partition coefficient (Wildman–Crippen LogP) is 1.06. The van der Waals surface area contributed by atoms with Crippen molar-refractivity contribution < 1.29 is 14.4 Å². The molecule has 28 heavy (non-hydrogen) atoms. The number of benzene rings is 2. The Labute approximate surface area is 164 Å². The number of ether oxygens (including phenoxy) is 2. The monoisotopic (exact) mass is 380 g/mol. The van der Waals surface area contributed by atoms with Gasteiger partial charge in [-0.15, -0.1) is 5.10 Å². The zero-order valence-corrected chi connectivity index (χ0v) is 16.3. The molecule has 1 N–H and O–H groups in total. The molecule has 1 unspecified atom stereocenters. The molecule has 2 heterocycles. The summed E-state index contributed by atoms with van der Waals surface area (Å²) in [5, 5.41) is 12.6. The van der Waals surface area contributed by atoms with Gasteiger partial charge in [0.15, 0.2) is 6.04 Å². The number of quaternary nitrogens is 1. The minimum atomic E-state index is -0.0173. The maximum absolute atomic E-state index is 5.69. The summed E-state index contributed by atoms with van der Waals surface area (Å²) >= 11 is 0. The molecule has 0 radical (unpaired) electrons. The Morgan fingerprint density at radius 1 is 1.07 bits per heavy atom. The summed E-state index contributed by atoms with van der Waals surface area (Å²) in [4.78, 5) is 1.41. The maximum Gasteiger partial charge on any atom is 0.214 e. The van der Waals surface area contributed by atoms with Crippen molar-refractivity contribution in [3.63, 3.8) is 0 Å². The summed E-state index contributed by atoms with van der Waals surface area (Å²) in [5.41, 5.74) is 3.93. The molecular formula is C21H26N5O2+. The fraction of sp³-hybridized carbons (Fsp3) is 0.381. The molecule has 2 aromatic carbocycles. The van der Waals surface area contributed by atoms with Crippen LogP contribution in [0.1, 0.15) is 28.6 Å². The van der Waals surface area contributed by atoms with Crippen molar-refractivity contribution in [2.45, 2.75) is 25.6 Å². The van der Waals surface area contributed by atoms with Gasteiger partial charge in [-0.05, 0) is 28.1 Å². The van der Waals surface area contributed by atoms with Gasteiger partial charge in [0.2, 0.25) is 5.82 Å². The van der Waals surface area contributed by atoms with Gasteiger partial charge in [-0.1, -0.05) is 36.4 Å². The minimum absolute atomic E-state index is 0.0173. The van der Waals surface area contributed by atoms with Gasteiger partial charge >= 0.3 is 0 Å². The van der Waals surface area contributed by atoms with Gasteiger partial charge in [0.1, 0.15) is 12.3 Å². The third-order valence-electron chi connectivity index (χ3n) is 5.43. The van der Waals surface area contributed by atoms with Crippen LogP contribution >= 0.6 is 0 Å². The van der Waals surface area contributed by atoms with Gasteiger partial charge in [-0.2, -0.15) is 0 Å². The van der Waals surface area contributed by atoms with Crippen molar-refractivity contribution in [3.05, 3.63) is 71.0 Å². The van der Waals surface area contributed by atoms with E-state index in [2.05, 4.69) is 45.9 Å². The van der Waals surface area contributed by atoms with Gasteiger partial charge in [0, 0.05) is 19.1 Å². The highest BCUT2D eigenvalue weighted by Crippen LogP contribution is 2.27. The number of rotatable bonds is 7. The largest absolute Gasteiger partial charge is 0.496 e. The SMILES string of the molecule is COCCn1nnnc1[C@@H](c1ccccc1OC)[NH+]1CCc2ccccc2C1. The Morgan fingerprint density at radius 3 is 2.68 bits per heavy atom. The van der Waals surface area contributed by atoms with Crippen LogP contribution in [0.25, 0.3) is 0 Å². The van der Waals surface area contributed by atoms with Crippen LogP contribution in [0.3, 0.4) is 0 Å². The molecule has 2 atom stereocenters. The third-order valence-corrected chi connectivity index (χ3v) is 5.43. The molecule has 1 aliphatic heterocycles. The zero-order chi connectivity index (χ0) is 19.3. The zero-order valence-electron chi connectivity index (χ0n) is 16.3. The first-order valence-corrected chi connectivity index (χ1v) is 9.61. The summed E-state index contributed by atoms with van der Waals surface area (Å²) in [7, 11) is 3.40.